The third-order valence-electron chi connectivity index (χ3n) is 5.15. The predicted octanol–water partition coefficient (Wildman–Crippen LogP) is 3.95. The molecule has 1 aliphatic carbocycles. The summed E-state index contributed by atoms with van der Waals surface area (Å²) in [6.45, 7) is 0. The van der Waals surface area contributed by atoms with Crippen molar-refractivity contribution in [2.45, 2.75) is 17.9 Å². The van der Waals surface area contributed by atoms with Crippen LogP contribution < -0.4 is 5.73 Å². The smallest absolute Gasteiger partial charge is 0.131 e. The van der Waals surface area contributed by atoms with Crippen LogP contribution in [-0.4, -0.2) is 5.11 Å². The fourth-order valence-electron chi connectivity index (χ4n) is 3.86. The van der Waals surface area contributed by atoms with E-state index in [1.54, 1.807) is 0 Å². The van der Waals surface area contributed by atoms with E-state index in [4.69, 9.17) is 5.73 Å². The van der Waals surface area contributed by atoms with E-state index in [1.165, 1.54) is 0 Å². The lowest BCUT2D eigenvalue weighted by Gasteiger charge is -2.25. The van der Waals surface area contributed by atoms with Crippen molar-refractivity contribution >= 4 is 10.8 Å². The maximum Gasteiger partial charge on any atom is 0.131 e. The van der Waals surface area contributed by atoms with E-state index in [-0.39, 0.29) is 11.6 Å². The number of nitriles is 1. The number of nitrogens with zero attached hydrogens (tertiary/aromatic N) is 1. The number of allylic oxidation sites excluding steroid dienone is 1. The zero-order valence-corrected chi connectivity index (χ0v) is 13.7. The van der Waals surface area contributed by atoms with Gasteiger partial charge in [-0.1, -0.05) is 72.8 Å². The largest absolute Gasteiger partial charge is 0.399 e. The minimum atomic E-state index is -1.31. The summed E-state index contributed by atoms with van der Waals surface area (Å²) in [5.41, 5.74) is 7.45. The molecule has 122 valence electrons. The van der Waals surface area contributed by atoms with E-state index in [0.717, 1.165) is 21.9 Å². The van der Waals surface area contributed by atoms with Crippen molar-refractivity contribution in [1.82, 2.24) is 0 Å². The van der Waals surface area contributed by atoms with E-state index in [9.17, 15) is 10.4 Å². The first kappa shape index (κ1) is 15.4. The van der Waals surface area contributed by atoms with Gasteiger partial charge in [-0.05, 0) is 28.3 Å². The quantitative estimate of drug-likeness (QED) is 0.749. The van der Waals surface area contributed by atoms with Crippen LogP contribution in [0.4, 0.5) is 0 Å². The molecule has 0 unspecified atom stereocenters. The molecule has 0 aliphatic heterocycles. The van der Waals surface area contributed by atoms with Gasteiger partial charge in [-0.2, -0.15) is 5.26 Å². The summed E-state index contributed by atoms with van der Waals surface area (Å²) >= 11 is 0. The van der Waals surface area contributed by atoms with Gasteiger partial charge in [0, 0.05) is 5.92 Å². The van der Waals surface area contributed by atoms with Crippen LogP contribution in [-0.2, 0) is 5.60 Å². The van der Waals surface area contributed by atoms with Gasteiger partial charge >= 0.3 is 0 Å². The Kier molecular flexibility index (Phi) is 3.56. The van der Waals surface area contributed by atoms with Gasteiger partial charge in [0.2, 0.25) is 0 Å². The second-order valence-electron chi connectivity index (χ2n) is 6.49. The lowest BCUT2D eigenvalue weighted by molar-refractivity contribution is 0.0725. The van der Waals surface area contributed by atoms with E-state index < -0.39 is 5.60 Å². The fraction of sp³-hybridized carbons (Fsp3) is 0.136. The second kappa shape index (κ2) is 5.77. The van der Waals surface area contributed by atoms with Gasteiger partial charge in [-0.3, -0.25) is 0 Å². The second-order valence-corrected chi connectivity index (χ2v) is 6.49. The van der Waals surface area contributed by atoms with Crippen LogP contribution >= 0.6 is 0 Å². The van der Waals surface area contributed by atoms with E-state index in [0.29, 0.717) is 12.0 Å². The zero-order valence-electron chi connectivity index (χ0n) is 13.7. The lowest BCUT2D eigenvalue weighted by atomic mass is 9.85. The average molecular weight is 326 g/mol. The van der Waals surface area contributed by atoms with E-state index in [1.807, 2.05) is 54.6 Å². The van der Waals surface area contributed by atoms with Crippen LogP contribution in [0.1, 0.15) is 23.5 Å². The molecular weight excluding hydrogens is 308 g/mol. The van der Waals surface area contributed by atoms with Gasteiger partial charge < -0.3 is 10.8 Å². The van der Waals surface area contributed by atoms with E-state index in [2.05, 4.69) is 24.3 Å². The molecule has 3 nitrogen and oxygen atoms in total. The van der Waals surface area contributed by atoms with Crippen molar-refractivity contribution in [1.29, 1.82) is 5.26 Å². The summed E-state index contributed by atoms with van der Waals surface area (Å²) in [4.78, 5) is 0. The Labute approximate surface area is 146 Å². The molecule has 0 spiro atoms. The minimum absolute atomic E-state index is 0.221. The van der Waals surface area contributed by atoms with E-state index >= 15 is 0 Å². The molecule has 0 amide bonds. The fourth-order valence-corrected chi connectivity index (χ4v) is 3.86. The Morgan fingerprint density at radius 1 is 0.960 bits per heavy atom. The van der Waals surface area contributed by atoms with Crippen molar-refractivity contribution in [2.75, 3.05) is 0 Å². The summed E-state index contributed by atoms with van der Waals surface area (Å²) in [7, 11) is 0. The molecule has 4 rings (SSSR count). The highest BCUT2D eigenvalue weighted by Gasteiger charge is 2.45. The first-order chi connectivity index (χ1) is 12.1. The number of hydrogen-bond donors (Lipinski definition) is 2. The highest BCUT2D eigenvalue weighted by molar-refractivity contribution is 5.87. The Balaban J connectivity index is 1.89. The molecule has 3 N–H and O–H groups in total. The molecule has 25 heavy (non-hydrogen) atoms. The maximum atomic E-state index is 11.3. The topological polar surface area (TPSA) is 70.0 Å². The zero-order chi connectivity index (χ0) is 17.4. The first-order valence-electron chi connectivity index (χ1n) is 8.31. The molecule has 1 aliphatic rings. The first-order valence-corrected chi connectivity index (χ1v) is 8.31. The minimum Gasteiger partial charge on any atom is -0.399 e. The Bertz CT molecular complexity index is 1010. The summed E-state index contributed by atoms with van der Waals surface area (Å²) in [5.74, 6) is -0.221. The van der Waals surface area contributed by atoms with Gasteiger partial charge in [0.15, 0.2) is 0 Å². The Hall–Kier alpha value is -3.09. The standard InChI is InChI=1S/C22H18N2O/c23-14-20-19(18-12-6-8-15-7-4-5-11-17(15)18)13-22(25,21(20)24)16-9-2-1-3-10-16/h1-12,19,25H,13,24H2/t19-,22+/m1/s1. The molecule has 0 saturated heterocycles. The van der Waals surface area contributed by atoms with Gasteiger partial charge in [-0.25, -0.2) is 0 Å². The molecule has 2 atom stereocenters. The molecule has 0 saturated carbocycles. The highest BCUT2D eigenvalue weighted by Crippen LogP contribution is 2.49. The number of nitrogens with two attached hydrogens (primary N) is 1. The summed E-state index contributed by atoms with van der Waals surface area (Å²) in [6.07, 6.45) is 0.375. The molecule has 0 aromatic heterocycles. The summed E-state index contributed by atoms with van der Waals surface area (Å²) in [5, 5.41) is 23.2. The normalized spacial score (nSPS) is 23.0. The van der Waals surface area contributed by atoms with Gasteiger partial charge in [0.1, 0.15) is 5.60 Å². The third-order valence-corrected chi connectivity index (χ3v) is 5.15. The number of aliphatic hydroxyl groups is 1. The van der Waals surface area contributed by atoms with Crippen LogP contribution in [0.25, 0.3) is 10.8 Å². The molecule has 0 heterocycles. The predicted molar refractivity (Wildman–Crippen MR) is 98.5 cm³/mol. The number of rotatable bonds is 2. The Morgan fingerprint density at radius 3 is 2.40 bits per heavy atom. The SMILES string of the molecule is N#CC1=C(N)[C@@](O)(c2ccccc2)C[C@@H]1c1cccc2ccccc12. The average Bonchev–Trinajstić information content (AvgIpc) is 2.93. The monoisotopic (exact) mass is 326 g/mol. The van der Waals surface area contributed by atoms with Crippen LogP contribution in [0.3, 0.4) is 0 Å². The van der Waals surface area contributed by atoms with Crippen molar-refractivity contribution < 1.29 is 5.11 Å². The van der Waals surface area contributed by atoms with Crippen LogP contribution in [0.5, 0.6) is 0 Å². The lowest BCUT2D eigenvalue weighted by Crippen LogP contribution is -2.29. The van der Waals surface area contributed by atoms with Crippen LogP contribution in [0, 0.1) is 11.3 Å². The summed E-state index contributed by atoms with van der Waals surface area (Å²) in [6, 6.07) is 25.8. The molecule has 0 fully saturated rings. The van der Waals surface area contributed by atoms with Gasteiger partial charge in [-0.15, -0.1) is 0 Å². The van der Waals surface area contributed by atoms with Crippen LogP contribution in [0.2, 0.25) is 0 Å². The maximum absolute atomic E-state index is 11.3. The van der Waals surface area contributed by atoms with Gasteiger partial charge in [0.25, 0.3) is 0 Å². The molecule has 3 aromatic carbocycles. The molecule has 3 heteroatoms. The number of fused-ring (bicyclic) bond motifs is 1. The van der Waals surface area contributed by atoms with Gasteiger partial charge in [0.05, 0.1) is 17.3 Å². The van der Waals surface area contributed by atoms with Crippen molar-refractivity contribution in [3.8, 4) is 6.07 Å². The van der Waals surface area contributed by atoms with Crippen LogP contribution in [0.15, 0.2) is 84.1 Å². The summed E-state index contributed by atoms with van der Waals surface area (Å²) < 4.78 is 0. The number of benzene rings is 3. The third kappa shape index (κ3) is 2.31. The Morgan fingerprint density at radius 2 is 1.64 bits per heavy atom. The molecule has 0 radical (unpaired) electrons. The molecular formula is C22H18N2O. The molecule has 3 aromatic rings. The molecule has 0 bridgehead atoms. The highest BCUT2D eigenvalue weighted by atomic mass is 16.3. The van der Waals surface area contributed by atoms with Crippen molar-refractivity contribution in [3.05, 3.63) is 95.2 Å². The van der Waals surface area contributed by atoms with Crippen molar-refractivity contribution in [3.63, 3.8) is 0 Å². The number of hydrogen-bond acceptors (Lipinski definition) is 3. The van der Waals surface area contributed by atoms with Crippen molar-refractivity contribution in [2.24, 2.45) is 5.73 Å².